The Labute approximate surface area is 110 Å². The van der Waals surface area contributed by atoms with Gasteiger partial charge < -0.3 is 9.47 Å². The molecule has 0 heterocycles. The first-order valence-corrected chi connectivity index (χ1v) is 5.51. The van der Waals surface area contributed by atoms with E-state index >= 15 is 0 Å². The lowest BCUT2D eigenvalue weighted by Crippen LogP contribution is -2.07. The van der Waals surface area contributed by atoms with Crippen molar-refractivity contribution in [3.63, 3.8) is 0 Å². The first-order valence-electron chi connectivity index (χ1n) is 4.72. The number of ether oxygens (including phenoxy) is 2. The Bertz CT molecular complexity index is 500. The van der Waals surface area contributed by atoms with Gasteiger partial charge in [0.15, 0.2) is 0 Å². The van der Waals surface area contributed by atoms with Crippen LogP contribution in [0.4, 0.5) is 8.78 Å². The lowest BCUT2D eigenvalue weighted by atomic mass is 10.1. The van der Waals surface area contributed by atoms with E-state index in [0.29, 0.717) is 10.0 Å². The number of alkyl halides is 2. The average Bonchev–Trinajstić information content (AvgIpc) is 2.32. The third kappa shape index (κ3) is 3.67. The predicted octanol–water partition coefficient (Wildman–Crippen LogP) is 2.64. The molecule has 0 aliphatic rings. The summed E-state index contributed by atoms with van der Waals surface area (Å²) in [7, 11) is 1.21. The van der Waals surface area contributed by atoms with Crippen molar-refractivity contribution in [2.45, 2.75) is 13.0 Å². The summed E-state index contributed by atoms with van der Waals surface area (Å²) in [5, 5.41) is 8.85. The van der Waals surface area contributed by atoms with Gasteiger partial charge in [-0.25, -0.2) is 0 Å². The minimum Gasteiger partial charge on any atom is -0.469 e. The van der Waals surface area contributed by atoms with Crippen LogP contribution in [-0.2, 0) is 16.0 Å². The fourth-order valence-corrected chi connectivity index (χ4v) is 1.72. The normalized spacial score (nSPS) is 10.0. The Hall–Kier alpha value is -1.68. The van der Waals surface area contributed by atoms with Crippen LogP contribution in [-0.4, -0.2) is 19.7 Å². The maximum atomic E-state index is 12.1. The summed E-state index contributed by atoms with van der Waals surface area (Å²) in [4.78, 5) is 11.2. The maximum absolute atomic E-state index is 12.1. The Balaban J connectivity index is 3.15. The van der Waals surface area contributed by atoms with Crippen molar-refractivity contribution in [1.29, 1.82) is 5.26 Å². The Morgan fingerprint density at radius 2 is 2.22 bits per heavy atom. The zero-order valence-electron chi connectivity index (χ0n) is 9.25. The molecule has 0 fully saturated rings. The van der Waals surface area contributed by atoms with E-state index in [0.717, 1.165) is 6.07 Å². The van der Waals surface area contributed by atoms with E-state index in [4.69, 9.17) is 5.26 Å². The molecule has 1 aromatic carbocycles. The van der Waals surface area contributed by atoms with Gasteiger partial charge in [-0.1, -0.05) is 0 Å². The second kappa shape index (κ2) is 6.31. The van der Waals surface area contributed by atoms with Crippen LogP contribution < -0.4 is 4.74 Å². The molecule has 0 N–H and O–H groups in total. The molecule has 0 spiro atoms. The number of methoxy groups -OCH3 is 1. The SMILES string of the molecule is COC(=O)Cc1cc(OC(F)F)cc(C#N)c1Br. The van der Waals surface area contributed by atoms with Gasteiger partial charge in [0.1, 0.15) is 11.8 Å². The zero-order valence-corrected chi connectivity index (χ0v) is 10.8. The molecule has 7 heteroatoms. The fourth-order valence-electron chi connectivity index (χ4n) is 1.26. The first kappa shape index (κ1) is 14.4. The Morgan fingerprint density at radius 3 is 2.72 bits per heavy atom. The van der Waals surface area contributed by atoms with Crippen molar-refractivity contribution in [3.05, 3.63) is 27.7 Å². The number of carbonyl (C=O) groups excluding carboxylic acids is 1. The minimum absolute atomic E-state index is 0.104. The zero-order chi connectivity index (χ0) is 13.7. The molecule has 0 saturated heterocycles. The van der Waals surface area contributed by atoms with Crippen LogP contribution in [0, 0.1) is 11.3 Å². The highest BCUT2D eigenvalue weighted by Gasteiger charge is 2.14. The lowest BCUT2D eigenvalue weighted by Gasteiger charge is -2.10. The number of halogens is 3. The maximum Gasteiger partial charge on any atom is 0.387 e. The van der Waals surface area contributed by atoms with E-state index < -0.39 is 12.6 Å². The summed E-state index contributed by atoms with van der Waals surface area (Å²) in [6, 6.07) is 4.24. The van der Waals surface area contributed by atoms with E-state index in [1.165, 1.54) is 13.2 Å². The standard InChI is InChI=1S/C11H8BrF2NO3/c1-17-9(16)4-6-2-8(18-11(13)14)3-7(5-15)10(6)12/h2-3,11H,4H2,1H3. The first-order chi connectivity index (χ1) is 8.47. The van der Waals surface area contributed by atoms with Crippen LogP contribution in [0.3, 0.4) is 0 Å². The highest BCUT2D eigenvalue weighted by atomic mass is 79.9. The van der Waals surface area contributed by atoms with Crippen LogP contribution in [0.15, 0.2) is 16.6 Å². The van der Waals surface area contributed by atoms with Crippen molar-refractivity contribution in [1.82, 2.24) is 0 Å². The molecule has 1 aromatic rings. The second-order valence-electron chi connectivity index (χ2n) is 3.19. The van der Waals surface area contributed by atoms with E-state index in [1.807, 2.05) is 6.07 Å². The van der Waals surface area contributed by atoms with Gasteiger partial charge in [0.25, 0.3) is 0 Å². The van der Waals surface area contributed by atoms with Crippen LogP contribution in [0.2, 0.25) is 0 Å². The summed E-state index contributed by atoms with van der Waals surface area (Å²) < 4.78 is 33.3. The highest BCUT2D eigenvalue weighted by Crippen LogP contribution is 2.28. The number of hydrogen-bond donors (Lipinski definition) is 0. The van der Waals surface area contributed by atoms with Crippen molar-refractivity contribution < 1.29 is 23.0 Å². The molecule has 1 rings (SSSR count). The molecule has 0 aliphatic carbocycles. The van der Waals surface area contributed by atoms with E-state index in [-0.39, 0.29) is 17.7 Å². The lowest BCUT2D eigenvalue weighted by molar-refractivity contribution is -0.139. The smallest absolute Gasteiger partial charge is 0.387 e. The quantitative estimate of drug-likeness (QED) is 0.800. The van der Waals surface area contributed by atoms with Crippen LogP contribution in [0.1, 0.15) is 11.1 Å². The fraction of sp³-hybridized carbons (Fsp3) is 0.273. The molecule has 0 saturated carbocycles. The summed E-state index contributed by atoms with van der Waals surface area (Å²) in [6.07, 6.45) is -0.147. The van der Waals surface area contributed by atoms with Crippen molar-refractivity contribution in [2.75, 3.05) is 7.11 Å². The number of benzene rings is 1. The summed E-state index contributed by atoms with van der Waals surface area (Å²) in [5.41, 5.74) is 0.448. The van der Waals surface area contributed by atoms with Gasteiger partial charge in [-0.2, -0.15) is 14.0 Å². The predicted molar refractivity (Wildman–Crippen MR) is 61.2 cm³/mol. The molecule has 4 nitrogen and oxygen atoms in total. The largest absolute Gasteiger partial charge is 0.469 e. The number of nitrogens with zero attached hydrogens (tertiary/aromatic N) is 1. The third-order valence-corrected chi connectivity index (χ3v) is 2.97. The van der Waals surface area contributed by atoms with Gasteiger partial charge >= 0.3 is 12.6 Å². The molecule has 0 aromatic heterocycles. The molecule has 18 heavy (non-hydrogen) atoms. The average molecular weight is 320 g/mol. The Morgan fingerprint density at radius 1 is 1.56 bits per heavy atom. The number of carbonyl (C=O) groups is 1. The highest BCUT2D eigenvalue weighted by molar-refractivity contribution is 9.10. The van der Waals surface area contributed by atoms with Crippen molar-refractivity contribution >= 4 is 21.9 Å². The molecular weight excluding hydrogens is 312 g/mol. The van der Waals surface area contributed by atoms with E-state index in [9.17, 15) is 13.6 Å². The molecule has 0 atom stereocenters. The van der Waals surface area contributed by atoms with Gasteiger partial charge in [0.05, 0.1) is 19.1 Å². The minimum atomic E-state index is -3.00. The van der Waals surface area contributed by atoms with Crippen molar-refractivity contribution in [3.8, 4) is 11.8 Å². The van der Waals surface area contributed by atoms with Gasteiger partial charge in [-0.05, 0) is 33.6 Å². The summed E-state index contributed by atoms with van der Waals surface area (Å²) in [6.45, 7) is -3.00. The Kier molecular flexibility index (Phi) is 5.04. The molecule has 96 valence electrons. The third-order valence-electron chi connectivity index (χ3n) is 2.03. The monoisotopic (exact) mass is 319 g/mol. The summed E-state index contributed by atoms with van der Waals surface area (Å²) in [5.74, 6) is -0.725. The van der Waals surface area contributed by atoms with Gasteiger partial charge in [0, 0.05) is 4.47 Å². The second-order valence-corrected chi connectivity index (χ2v) is 3.98. The number of nitriles is 1. The molecule has 0 amide bonds. The molecule has 0 bridgehead atoms. The number of hydrogen-bond acceptors (Lipinski definition) is 4. The van der Waals surface area contributed by atoms with Gasteiger partial charge in [0.2, 0.25) is 0 Å². The summed E-state index contributed by atoms with van der Waals surface area (Å²) >= 11 is 3.13. The van der Waals surface area contributed by atoms with Crippen LogP contribution >= 0.6 is 15.9 Å². The van der Waals surface area contributed by atoms with Gasteiger partial charge in [-0.3, -0.25) is 4.79 Å². The van der Waals surface area contributed by atoms with E-state index in [2.05, 4.69) is 25.4 Å². The molecule has 0 unspecified atom stereocenters. The number of esters is 1. The molecular formula is C11H8BrF2NO3. The van der Waals surface area contributed by atoms with Crippen LogP contribution in [0.5, 0.6) is 5.75 Å². The van der Waals surface area contributed by atoms with Crippen molar-refractivity contribution in [2.24, 2.45) is 0 Å². The van der Waals surface area contributed by atoms with Gasteiger partial charge in [-0.15, -0.1) is 0 Å². The van der Waals surface area contributed by atoms with E-state index in [1.54, 1.807) is 0 Å². The van der Waals surface area contributed by atoms with Crippen LogP contribution in [0.25, 0.3) is 0 Å². The molecule has 0 radical (unpaired) electrons. The molecule has 0 aliphatic heterocycles. The topological polar surface area (TPSA) is 59.3 Å². The number of rotatable bonds is 4.